The van der Waals surface area contributed by atoms with Gasteiger partial charge in [0.05, 0.1) is 6.10 Å². The number of ether oxygens (including phenoxy) is 1. The number of rotatable bonds is 3. The molecular formula is C12H22N2O2. The van der Waals surface area contributed by atoms with Crippen molar-refractivity contribution in [3.05, 3.63) is 0 Å². The van der Waals surface area contributed by atoms with Gasteiger partial charge in [-0.15, -0.1) is 0 Å². The quantitative estimate of drug-likeness (QED) is 0.761. The fourth-order valence-corrected chi connectivity index (χ4v) is 2.81. The lowest BCUT2D eigenvalue weighted by Crippen LogP contribution is -2.37. The number of hydrogen-bond acceptors (Lipinski definition) is 3. The molecule has 4 heteroatoms. The molecule has 3 atom stereocenters. The number of nitrogens with one attached hydrogen (secondary N) is 1. The molecule has 0 unspecified atom stereocenters. The third kappa shape index (κ3) is 2.55. The maximum absolute atomic E-state index is 11.5. The third-order valence-electron chi connectivity index (χ3n) is 3.85. The van der Waals surface area contributed by atoms with Gasteiger partial charge >= 0.3 is 0 Å². The number of carbonyl (C=O) groups is 1. The van der Waals surface area contributed by atoms with Gasteiger partial charge in [-0.3, -0.25) is 4.79 Å². The first-order valence-electron chi connectivity index (χ1n) is 6.21. The van der Waals surface area contributed by atoms with Crippen LogP contribution in [0.3, 0.4) is 0 Å². The Labute approximate surface area is 97.3 Å². The zero-order valence-electron chi connectivity index (χ0n) is 10.2. The van der Waals surface area contributed by atoms with Crippen LogP contribution in [0.1, 0.15) is 19.3 Å². The molecule has 2 fully saturated rings. The van der Waals surface area contributed by atoms with E-state index in [1.54, 1.807) is 19.0 Å². The van der Waals surface area contributed by atoms with Crippen LogP contribution in [0.15, 0.2) is 0 Å². The molecule has 4 nitrogen and oxygen atoms in total. The van der Waals surface area contributed by atoms with Gasteiger partial charge in [-0.25, -0.2) is 0 Å². The Morgan fingerprint density at radius 3 is 2.94 bits per heavy atom. The van der Waals surface area contributed by atoms with Crippen LogP contribution in [0.4, 0.5) is 0 Å². The summed E-state index contributed by atoms with van der Waals surface area (Å²) in [5.74, 6) is 1.46. The molecule has 1 amide bonds. The highest BCUT2D eigenvalue weighted by molar-refractivity contribution is 5.76. The Hall–Kier alpha value is -0.610. The average Bonchev–Trinajstić information content (AvgIpc) is 2.73. The lowest BCUT2D eigenvalue weighted by molar-refractivity contribution is -0.138. The van der Waals surface area contributed by atoms with Gasteiger partial charge in [-0.2, -0.15) is 0 Å². The molecule has 1 saturated heterocycles. The molecule has 1 N–H and O–H groups in total. The van der Waals surface area contributed by atoms with Gasteiger partial charge in [-0.05, 0) is 25.3 Å². The Morgan fingerprint density at radius 1 is 1.38 bits per heavy atom. The summed E-state index contributed by atoms with van der Waals surface area (Å²) >= 11 is 0. The van der Waals surface area contributed by atoms with Crippen molar-refractivity contribution in [2.45, 2.75) is 25.4 Å². The van der Waals surface area contributed by atoms with Crippen molar-refractivity contribution in [1.82, 2.24) is 10.2 Å². The minimum Gasteiger partial charge on any atom is -0.368 e. The number of likely N-dealkylation sites (N-methyl/N-ethyl adjacent to an activating group) is 1. The molecule has 1 saturated carbocycles. The molecule has 0 spiro atoms. The first-order valence-corrected chi connectivity index (χ1v) is 6.21. The fraction of sp³-hybridized carbons (Fsp3) is 0.917. The largest absolute Gasteiger partial charge is 0.368 e. The first-order chi connectivity index (χ1) is 7.68. The second-order valence-corrected chi connectivity index (χ2v) is 5.15. The lowest BCUT2D eigenvalue weighted by Gasteiger charge is -2.33. The lowest BCUT2D eigenvalue weighted by atomic mass is 9.79. The van der Waals surface area contributed by atoms with E-state index < -0.39 is 0 Å². The van der Waals surface area contributed by atoms with Crippen LogP contribution < -0.4 is 5.32 Å². The molecule has 92 valence electrons. The van der Waals surface area contributed by atoms with E-state index in [4.69, 9.17) is 4.74 Å². The highest BCUT2D eigenvalue weighted by Crippen LogP contribution is 2.34. The van der Waals surface area contributed by atoms with E-state index >= 15 is 0 Å². The van der Waals surface area contributed by atoms with Crippen LogP contribution in [0.5, 0.6) is 0 Å². The predicted molar refractivity (Wildman–Crippen MR) is 62.1 cm³/mol. The zero-order chi connectivity index (χ0) is 11.5. The average molecular weight is 226 g/mol. The van der Waals surface area contributed by atoms with Crippen molar-refractivity contribution in [1.29, 1.82) is 0 Å². The van der Waals surface area contributed by atoms with Crippen molar-refractivity contribution in [2.75, 3.05) is 33.8 Å². The summed E-state index contributed by atoms with van der Waals surface area (Å²) < 4.78 is 5.79. The molecule has 0 aromatic heterocycles. The second-order valence-electron chi connectivity index (χ2n) is 5.15. The number of hydrogen-bond donors (Lipinski definition) is 1. The van der Waals surface area contributed by atoms with E-state index in [1.807, 2.05) is 0 Å². The topological polar surface area (TPSA) is 41.6 Å². The number of amides is 1. The van der Waals surface area contributed by atoms with E-state index in [1.165, 1.54) is 12.8 Å². The minimum atomic E-state index is 0.0630. The zero-order valence-corrected chi connectivity index (χ0v) is 10.2. The maximum atomic E-state index is 11.5. The molecule has 1 aliphatic heterocycles. The van der Waals surface area contributed by atoms with E-state index in [9.17, 15) is 4.79 Å². The summed E-state index contributed by atoms with van der Waals surface area (Å²) in [6.07, 6.45) is 3.96. The predicted octanol–water partition coefficient (Wildman–Crippen LogP) is 0.479. The smallest absolute Gasteiger partial charge is 0.248 e. The van der Waals surface area contributed by atoms with Gasteiger partial charge in [-0.1, -0.05) is 6.42 Å². The van der Waals surface area contributed by atoms with Crippen LogP contribution in [-0.2, 0) is 9.53 Å². The fourth-order valence-electron chi connectivity index (χ4n) is 2.81. The normalized spacial score (nSPS) is 33.5. The van der Waals surface area contributed by atoms with E-state index in [0.29, 0.717) is 5.92 Å². The van der Waals surface area contributed by atoms with Gasteiger partial charge in [0.1, 0.15) is 6.61 Å². The summed E-state index contributed by atoms with van der Waals surface area (Å²) in [6.45, 7) is 2.43. The van der Waals surface area contributed by atoms with Gasteiger partial charge in [0.15, 0.2) is 0 Å². The van der Waals surface area contributed by atoms with Crippen LogP contribution >= 0.6 is 0 Å². The van der Waals surface area contributed by atoms with E-state index in [2.05, 4.69) is 5.32 Å². The van der Waals surface area contributed by atoms with Crippen molar-refractivity contribution >= 4 is 5.91 Å². The van der Waals surface area contributed by atoms with Crippen molar-refractivity contribution in [3.63, 3.8) is 0 Å². The molecule has 0 bridgehead atoms. The molecule has 1 heterocycles. The number of carbonyl (C=O) groups excluding carboxylic acids is 1. The highest BCUT2D eigenvalue weighted by atomic mass is 16.5. The molecule has 0 radical (unpaired) electrons. The van der Waals surface area contributed by atoms with Crippen LogP contribution in [-0.4, -0.2) is 50.7 Å². The molecule has 0 aromatic carbocycles. The minimum absolute atomic E-state index is 0.0630. The molecule has 1 aliphatic carbocycles. The molecule has 16 heavy (non-hydrogen) atoms. The standard InChI is InChI=1S/C12H22N2O2/c1-14(2)12(15)8-16-11-5-3-4-9-6-13-7-10(9)11/h9-11,13H,3-8H2,1-2H3/t9-,10+,11+/m1/s1. The van der Waals surface area contributed by atoms with Gasteiger partial charge in [0.25, 0.3) is 0 Å². The number of fused-ring (bicyclic) bond motifs is 1. The van der Waals surface area contributed by atoms with Crippen molar-refractivity contribution in [2.24, 2.45) is 11.8 Å². The SMILES string of the molecule is CN(C)C(=O)CO[C@H]1CCC[C@@H]2CNC[C@@H]21. The summed E-state index contributed by atoms with van der Waals surface area (Å²) in [7, 11) is 3.54. The molecular weight excluding hydrogens is 204 g/mol. The highest BCUT2D eigenvalue weighted by Gasteiger charge is 2.37. The van der Waals surface area contributed by atoms with Crippen LogP contribution in [0.25, 0.3) is 0 Å². The van der Waals surface area contributed by atoms with Crippen molar-refractivity contribution < 1.29 is 9.53 Å². The Morgan fingerprint density at radius 2 is 2.19 bits per heavy atom. The molecule has 2 aliphatic rings. The van der Waals surface area contributed by atoms with Gasteiger partial charge in [0, 0.05) is 26.6 Å². The molecule has 0 aromatic rings. The van der Waals surface area contributed by atoms with E-state index in [-0.39, 0.29) is 18.6 Å². The third-order valence-corrected chi connectivity index (χ3v) is 3.85. The Bertz CT molecular complexity index is 255. The summed E-state index contributed by atoms with van der Waals surface area (Å²) in [5.41, 5.74) is 0. The monoisotopic (exact) mass is 226 g/mol. The summed E-state index contributed by atoms with van der Waals surface area (Å²) in [5, 5.41) is 3.43. The van der Waals surface area contributed by atoms with Crippen molar-refractivity contribution in [3.8, 4) is 0 Å². The molecule has 2 rings (SSSR count). The van der Waals surface area contributed by atoms with Crippen LogP contribution in [0, 0.1) is 11.8 Å². The summed E-state index contributed by atoms with van der Waals surface area (Å²) in [4.78, 5) is 13.1. The Balaban J connectivity index is 1.82. The summed E-state index contributed by atoms with van der Waals surface area (Å²) in [6, 6.07) is 0. The Kier molecular flexibility index (Phi) is 3.82. The van der Waals surface area contributed by atoms with E-state index in [0.717, 1.165) is 25.4 Å². The van der Waals surface area contributed by atoms with Gasteiger partial charge < -0.3 is 15.0 Å². The maximum Gasteiger partial charge on any atom is 0.248 e. The second kappa shape index (κ2) is 5.15. The van der Waals surface area contributed by atoms with Gasteiger partial charge in [0.2, 0.25) is 5.91 Å². The number of nitrogens with zero attached hydrogens (tertiary/aromatic N) is 1. The van der Waals surface area contributed by atoms with Crippen LogP contribution in [0.2, 0.25) is 0 Å². The first kappa shape index (κ1) is 11.9.